The summed E-state index contributed by atoms with van der Waals surface area (Å²) in [6.45, 7) is 0.416. The molecule has 0 aliphatic heterocycles. The lowest BCUT2D eigenvalue weighted by atomic mass is 10.1. The number of hydrogen-bond donors (Lipinski definition) is 3. The smallest absolute Gasteiger partial charge is 0.328 e. The van der Waals surface area contributed by atoms with Gasteiger partial charge in [-0.15, -0.1) is 0 Å². The number of rotatable bonds is 7. The zero-order valence-electron chi connectivity index (χ0n) is 16.8. The molecular formula is C21H20FN3O6S. The number of carboxylic acids is 2. The molecule has 0 saturated heterocycles. The van der Waals surface area contributed by atoms with Gasteiger partial charge in [0.15, 0.2) is 0 Å². The van der Waals surface area contributed by atoms with E-state index in [1.165, 1.54) is 30.7 Å². The Labute approximate surface area is 183 Å². The maximum atomic E-state index is 14.3. The third kappa shape index (κ3) is 6.09. The number of nitrogens with one attached hydrogen (secondary N) is 1. The van der Waals surface area contributed by atoms with Gasteiger partial charge in [0.2, 0.25) is 0 Å². The van der Waals surface area contributed by atoms with E-state index in [1.54, 1.807) is 37.4 Å². The van der Waals surface area contributed by atoms with Gasteiger partial charge < -0.3 is 15.5 Å². The van der Waals surface area contributed by atoms with Crippen LogP contribution in [0.1, 0.15) is 5.56 Å². The van der Waals surface area contributed by atoms with Gasteiger partial charge in [-0.3, -0.25) is 4.98 Å². The number of halogens is 1. The average molecular weight is 461 g/mol. The lowest BCUT2D eigenvalue weighted by Gasteiger charge is -2.13. The fraction of sp³-hybridized carbons (Fsp3) is 0.0952. The van der Waals surface area contributed by atoms with Crippen LogP contribution >= 0.6 is 0 Å². The lowest BCUT2D eigenvalue weighted by molar-refractivity contribution is -0.134. The Bertz CT molecular complexity index is 1210. The molecule has 3 rings (SSSR count). The molecule has 11 heteroatoms. The van der Waals surface area contributed by atoms with Crippen LogP contribution in [-0.2, 0) is 26.2 Å². The third-order valence-corrected chi connectivity index (χ3v) is 5.65. The van der Waals surface area contributed by atoms with E-state index >= 15 is 0 Å². The fourth-order valence-corrected chi connectivity index (χ4v) is 4.04. The van der Waals surface area contributed by atoms with Crippen LogP contribution in [0, 0.1) is 5.82 Å². The highest BCUT2D eigenvalue weighted by atomic mass is 32.2. The average Bonchev–Trinajstić information content (AvgIpc) is 3.18. The van der Waals surface area contributed by atoms with Crippen molar-refractivity contribution in [3.63, 3.8) is 0 Å². The molecule has 0 saturated carbocycles. The van der Waals surface area contributed by atoms with Crippen LogP contribution in [0.5, 0.6) is 0 Å². The molecule has 9 nitrogen and oxygen atoms in total. The van der Waals surface area contributed by atoms with Crippen molar-refractivity contribution in [3.05, 3.63) is 84.6 Å². The van der Waals surface area contributed by atoms with Gasteiger partial charge in [-0.25, -0.2) is 26.4 Å². The first-order chi connectivity index (χ1) is 15.2. The number of nitrogens with zero attached hydrogens (tertiary/aromatic N) is 2. The van der Waals surface area contributed by atoms with Gasteiger partial charge in [-0.1, -0.05) is 12.1 Å². The fourth-order valence-electron chi connectivity index (χ4n) is 2.69. The van der Waals surface area contributed by atoms with E-state index in [0.717, 1.165) is 3.97 Å². The standard InChI is InChI=1S/C17H16FN3O2S.C4H4O4/c1-19-11-13-8-10-21(17(13)15-6-2-3-7-16(15)18)24(22,23)14-5-4-9-20-12-14;5-3(6)1-2-4(7)8/h2-10,12,19H,11H2,1H3;1-2H,(H,5,6)(H,7,8)/b;2-1+. The van der Waals surface area contributed by atoms with Crippen LogP contribution in [0.4, 0.5) is 4.39 Å². The molecule has 0 spiro atoms. The molecule has 0 fully saturated rings. The van der Waals surface area contributed by atoms with E-state index in [2.05, 4.69) is 10.3 Å². The van der Waals surface area contributed by atoms with Crippen molar-refractivity contribution in [2.24, 2.45) is 0 Å². The molecule has 0 aliphatic rings. The van der Waals surface area contributed by atoms with E-state index in [1.807, 2.05) is 0 Å². The van der Waals surface area contributed by atoms with Gasteiger partial charge in [-0.05, 0) is 42.9 Å². The van der Waals surface area contributed by atoms with Gasteiger partial charge in [0.05, 0.1) is 5.69 Å². The maximum Gasteiger partial charge on any atom is 0.328 e. The second kappa shape index (κ2) is 11.0. The highest BCUT2D eigenvalue weighted by Gasteiger charge is 2.24. The molecule has 0 radical (unpaired) electrons. The van der Waals surface area contributed by atoms with Crippen LogP contribution in [0.2, 0.25) is 0 Å². The second-order valence-corrected chi connectivity index (χ2v) is 8.01. The molecular weight excluding hydrogens is 441 g/mol. The summed E-state index contributed by atoms with van der Waals surface area (Å²) in [6.07, 6.45) is 5.33. The molecule has 0 bridgehead atoms. The molecule has 32 heavy (non-hydrogen) atoms. The predicted molar refractivity (Wildman–Crippen MR) is 114 cm³/mol. The summed E-state index contributed by atoms with van der Waals surface area (Å²) in [5.41, 5.74) is 1.24. The number of carboxylic acid groups (broad SMARTS) is 2. The first kappa shape index (κ1) is 24.4. The van der Waals surface area contributed by atoms with Crippen LogP contribution in [-0.4, -0.2) is 46.6 Å². The number of benzene rings is 1. The van der Waals surface area contributed by atoms with Crippen LogP contribution in [0.15, 0.2) is 78.1 Å². The first-order valence-electron chi connectivity index (χ1n) is 9.07. The van der Waals surface area contributed by atoms with Crippen molar-refractivity contribution in [1.29, 1.82) is 0 Å². The van der Waals surface area contributed by atoms with Crippen molar-refractivity contribution in [1.82, 2.24) is 14.3 Å². The number of aliphatic carboxylic acids is 2. The van der Waals surface area contributed by atoms with E-state index in [-0.39, 0.29) is 10.5 Å². The normalized spacial score (nSPS) is 11.1. The van der Waals surface area contributed by atoms with Gasteiger partial charge in [0.1, 0.15) is 10.7 Å². The summed E-state index contributed by atoms with van der Waals surface area (Å²) in [5.74, 6) is -2.99. The summed E-state index contributed by atoms with van der Waals surface area (Å²) in [4.78, 5) is 23.0. The Morgan fingerprint density at radius 1 is 1.09 bits per heavy atom. The van der Waals surface area contributed by atoms with Crippen molar-refractivity contribution < 1.29 is 32.6 Å². The van der Waals surface area contributed by atoms with Crippen molar-refractivity contribution in [2.75, 3.05) is 7.05 Å². The van der Waals surface area contributed by atoms with Gasteiger partial charge in [0.25, 0.3) is 10.0 Å². The monoisotopic (exact) mass is 461 g/mol. The van der Waals surface area contributed by atoms with E-state index in [4.69, 9.17) is 10.2 Å². The highest BCUT2D eigenvalue weighted by Crippen LogP contribution is 2.30. The van der Waals surface area contributed by atoms with Crippen molar-refractivity contribution in [3.8, 4) is 11.3 Å². The first-order valence-corrected chi connectivity index (χ1v) is 10.5. The molecule has 0 atom stereocenters. The Morgan fingerprint density at radius 3 is 2.28 bits per heavy atom. The Kier molecular flexibility index (Phi) is 8.38. The molecule has 3 aromatic rings. The molecule has 0 aliphatic carbocycles. The van der Waals surface area contributed by atoms with Gasteiger partial charge in [0, 0.05) is 42.9 Å². The Hall–Kier alpha value is -3.83. The maximum absolute atomic E-state index is 14.3. The molecule has 0 unspecified atom stereocenters. The van der Waals surface area contributed by atoms with E-state index in [0.29, 0.717) is 30.0 Å². The molecule has 168 valence electrons. The summed E-state index contributed by atoms with van der Waals surface area (Å²) in [6, 6.07) is 10.8. The highest BCUT2D eigenvalue weighted by molar-refractivity contribution is 7.90. The SMILES string of the molecule is CNCc1ccn(S(=O)(=O)c2cccnc2)c1-c1ccccc1F.O=C(O)/C=C/C(=O)O. The molecule has 2 aromatic heterocycles. The molecule has 2 heterocycles. The Morgan fingerprint density at radius 2 is 1.75 bits per heavy atom. The van der Waals surface area contributed by atoms with Gasteiger partial charge in [-0.2, -0.15) is 0 Å². The van der Waals surface area contributed by atoms with E-state index in [9.17, 15) is 22.4 Å². The van der Waals surface area contributed by atoms with Crippen molar-refractivity contribution in [2.45, 2.75) is 11.4 Å². The molecule has 1 aromatic carbocycles. The largest absolute Gasteiger partial charge is 0.478 e. The van der Waals surface area contributed by atoms with Crippen LogP contribution in [0.25, 0.3) is 11.3 Å². The van der Waals surface area contributed by atoms with Crippen LogP contribution in [0.3, 0.4) is 0 Å². The zero-order valence-corrected chi connectivity index (χ0v) is 17.7. The minimum Gasteiger partial charge on any atom is -0.478 e. The van der Waals surface area contributed by atoms with Crippen LogP contribution < -0.4 is 5.32 Å². The topological polar surface area (TPSA) is 139 Å². The molecule has 0 amide bonds. The Balaban J connectivity index is 0.000000390. The number of pyridine rings is 1. The van der Waals surface area contributed by atoms with E-state index < -0.39 is 27.8 Å². The number of hydrogen-bond acceptors (Lipinski definition) is 6. The zero-order chi connectivity index (χ0) is 23.7. The minimum atomic E-state index is -3.87. The number of aromatic nitrogens is 2. The molecule has 3 N–H and O–H groups in total. The minimum absolute atomic E-state index is 0.0502. The summed E-state index contributed by atoms with van der Waals surface area (Å²) < 4.78 is 41.3. The quantitative estimate of drug-likeness (QED) is 0.456. The second-order valence-electron chi connectivity index (χ2n) is 6.20. The van der Waals surface area contributed by atoms with Gasteiger partial charge >= 0.3 is 11.9 Å². The predicted octanol–water partition coefficient (Wildman–Crippen LogP) is 2.36. The lowest BCUT2D eigenvalue weighted by Crippen LogP contribution is -2.15. The summed E-state index contributed by atoms with van der Waals surface area (Å²) >= 11 is 0. The van der Waals surface area contributed by atoms with Crippen molar-refractivity contribution >= 4 is 22.0 Å². The number of carbonyl (C=O) groups is 2. The summed E-state index contributed by atoms with van der Waals surface area (Å²) in [5, 5.41) is 18.6. The summed E-state index contributed by atoms with van der Waals surface area (Å²) in [7, 11) is -2.12. The third-order valence-electron chi connectivity index (χ3n) is 3.99.